The van der Waals surface area contributed by atoms with E-state index in [9.17, 15) is 9.59 Å². The molecule has 1 saturated heterocycles. The van der Waals surface area contributed by atoms with E-state index in [2.05, 4.69) is 5.32 Å². The lowest BCUT2D eigenvalue weighted by Gasteiger charge is -2.28. The topological polar surface area (TPSA) is 66.4 Å². The highest BCUT2D eigenvalue weighted by molar-refractivity contribution is 5.93. The Labute approximate surface area is 81.3 Å². The molecule has 74 valence electrons. The van der Waals surface area contributed by atoms with Gasteiger partial charge in [0.15, 0.2) is 0 Å². The predicted octanol–water partition coefficient (Wildman–Crippen LogP) is 0.811. The van der Waals surface area contributed by atoms with Crippen molar-refractivity contribution in [2.75, 3.05) is 0 Å². The van der Waals surface area contributed by atoms with Crippen molar-refractivity contribution in [3.63, 3.8) is 0 Å². The summed E-state index contributed by atoms with van der Waals surface area (Å²) in [5.41, 5.74) is 0.825. The van der Waals surface area contributed by atoms with Crippen LogP contribution in [0.4, 0.5) is 0 Å². The summed E-state index contributed by atoms with van der Waals surface area (Å²) < 4.78 is 0. The summed E-state index contributed by atoms with van der Waals surface area (Å²) in [6.45, 7) is 0. The van der Waals surface area contributed by atoms with Crippen LogP contribution >= 0.6 is 0 Å². The third-order valence-corrected chi connectivity index (χ3v) is 2.63. The molecule has 0 aromatic rings. The van der Waals surface area contributed by atoms with Gasteiger partial charge in [0.2, 0.25) is 5.91 Å². The number of carboxylic acids is 1. The van der Waals surface area contributed by atoms with Crippen LogP contribution in [0, 0.1) is 5.92 Å². The van der Waals surface area contributed by atoms with E-state index in [1.165, 1.54) is 0 Å². The number of nitrogens with one attached hydrogen (secondary N) is 1. The molecule has 1 unspecified atom stereocenters. The Bertz CT molecular complexity index is 354. The van der Waals surface area contributed by atoms with Gasteiger partial charge in [-0.05, 0) is 18.9 Å². The molecule has 0 aromatic carbocycles. The molecule has 1 heterocycles. The van der Waals surface area contributed by atoms with Crippen molar-refractivity contribution >= 4 is 11.9 Å². The maximum absolute atomic E-state index is 11.1. The molecular formula is C10H11NO3. The van der Waals surface area contributed by atoms with Gasteiger partial charge in [0.25, 0.3) is 0 Å². The predicted molar refractivity (Wildman–Crippen MR) is 49.3 cm³/mol. The highest BCUT2D eigenvalue weighted by Gasteiger charge is 2.28. The highest BCUT2D eigenvalue weighted by atomic mass is 16.4. The molecule has 0 radical (unpaired) electrons. The maximum Gasteiger partial charge on any atom is 0.337 e. The van der Waals surface area contributed by atoms with Gasteiger partial charge in [0.1, 0.15) is 0 Å². The summed E-state index contributed by atoms with van der Waals surface area (Å²) in [6, 6.07) is 0. The minimum atomic E-state index is -0.969. The molecule has 0 bridgehead atoms. The van der Waals surface area contributed by atoms with Crippen molar-refractivity contribution in [3.05, 3.63) is 23.4 Å². The molecule has 2 rings (SSSR count). The molecule has 1 aliphatic carbocycles. The molecule has 2 N–H and O–H groups in total. The van der Waals surface area contributed by atoms with E-state index in [1.54, 1.807) is 6.08 Å². The number of hydrogen-bond acceptors (Lipinski definition) is 2. The SMILES string of the molecule is O=C1CCC2CC=CC(C(=O)O)=C2N1. The molecule has 1 amide bonds. The van der Waals surface area contributed by atoms with Crippen LogP contribution in [0.1, 0.15) is 19.3 Å². The monoisotopic (exact) mass is 193 g/mol. The number of carboxylic acid groups (broad SMARTS) is 1. The lowest BCUT2D eigenvalue weighted by atomic mass is 9.85. The second-order valence-corrected chi connectivity index (χ2v) is 3.55. The Kier molecular flexibility index (Phi) is 2.11. The van der Waals surface area contributed by atoms with Crippen molar-refractivity contribution in [2.24, 2.45) is 5.92 Å². The fraction of sp³-hybridized carbons (Fsp3) is 0.400. The minimum Gasteiger partial charge on any atom is -0.478 e. The van der Waals surface area contributed by atoms with Crippen LogP contribution in [0.2, 0.25) is 0 Å². The van der Waals surface area contributed by atoms with Crippen molar-refractivity contribution in [3.8, 4) is 0 Å². The van der Waals surface area contributed by atoms with Crippen molar-refractivity contribution < 1.29 is 14.7 Å². The van der Waals surface area contributed by atoms with Crippen LogP contribution < -0.4 is 5.32 Å². The summed E-state index contributed by atoms with van der Waals surface area (Å²) in [4.78, 5) is 22.0. The number of rotatable bonds is 1. The fourth-order valence-electron chi connectivity index (χ4n) is 1.91. The van der Waals surface area contributed by atoms with E-state index in [-0.39, 0.29) is 17.4 Å². The number of hydrogen-bond donors (Lipinski definition) is 2. The summed E-state index contributed by atoms with van der Waals surface area (Å²) in [6.07, 6.45) is 5.50. The molecule has 14 heavy (non-hydrogen) atoms. The summed E-state index contributed by atoms with van der Waals surface area (Å²) in [5, 5.41) is 11.6. The Morgan fingerprint density at radius 2 is 2.36 bits per heavy atom. The second-order valence-electron chi connectivity index (χ2n) is 3.55. The van der Waals surface area contributed by atoms with Crippen LogP contribution in [0.5, 0.6) is 0 Å². The number of allylic oxidation sites excluding steroid dienone is 2. The highest BCUT2D eigenvalue weighted by Crippen LogP contribution is 2.30. The molecular weight excluding hydrogens is 182 g/mol. The maximum atomic E-state index is 11.1. The number of aliphatic carboxylic acids is 1. The van der Waals surface area contributed by atoms with Gasteiger partial charge in [-0.15, -0.1) is 0 Å². The van der Waals surface area contributed by atoms with E-state index < -0.39 is 5.97 Å². The van der Waals surface area contributed by atoms with E-state index in [1.807, 2.05) is 6.08 Å². The van der Waals surface area contributed by atoms with Gasteiger partial charge in [-0.25, -0.2) is 4.79 Å². The molecule has 0 saturated carbocycles. The second kappa shape index (κ2) is 3.29. The van der Waals surface area contributed by atoms with E-state index >= 15 is 0 Å². The third-order valence-electron chi connectivity index (χ3n) is 2.63. The van der Waals surface area contributed by atoms with Crippen molar-refractivity contribution in [1.82, 2.24) is 5.32 Å². The number of piperidine rings is 1. The zero-order valence-electron chi connectivity index (χ0n) is 7.62. The normalized spacial score (nSPS) is 25.7. The van der Waals surface area contributed by atoms with Crippen molar-refractivity contribution in [1.29, 1.82) is 0 Å². The van der Waals surface area contributed by atoms with Gasteiger partial charge in [-0.1, -0.05) is 6.08 Å². The number of carbonyl (C=O) groups excluding carboxylic acids is 1. The number of fused-ring (bicyclic) bond motifs is 1. The fourth-order valence-corrected chi connectivity index (χ4v) is 1.91. The Morgan fingerprint density at radius 3 is 3.07 bits per heavy atom. The number of carbonyl (C=O) groups is 2. The molecule has 1 aliphatic heterocycles. The smallest absolute Gasteiger partial charge is 0.337 e. The molecule has 0 aromatic heterocycles. The van der Waals surface area contributed by atoms with Gasteiger partial charge in [0, 0.05) is 18.0 Å². The first-order valence-electron chi connectivity index (χ1n) is 4.62. The Morgan fingerprint density at radius 1 is 1.57 bits per heavy atom. The van der Waals surface area contributed by atoms with Gasteiger partial charge < -0.3 is 10.4 Å². The summed E-state index contributed by atoms with van der Waals surface area (Å²) in [7, 11) is 0. The zero-order chi connectivity index (χ0) is 10.1. The van der Waals surface area contributed by atoms with Crippen LogP contribution in [-0.2, 0) is 9.59 Å². The molecule has 4 heteroatoms. The summed E-state index contributed by atoms with van der Waals surface area (Å²) in [5.74, 6) is -0.864. The first kappa shape index (κ1) is 8.99. The van der Waals surface area contributed by atoms with Gasteiger partial charge in [-0.2, -0.15) is 0 Å². The first-order valence-corrected chi connectivity index (χ1v) is 4.62. The quantitative estimate of drug-likeness (QED) is 0.647. The third kappa shape index (κ3) is 1.43. The Balaban J connectivity index is 2.37. The minimum absolute atomic E-state index is 0.0784. The molecule has 2 aliphatic rings. The van der Waals surface area contributed by atoms with Gasteiger partial charge >= 0.3 is 5.97 Å². The molecule has 4 nitrogen and oxygen atoms in total. The van der Waals surface area contributed by atoms with E-state index in [0.29, 0.717) is 12.1 Å². The van der Waals surface area contributed by atoms with Crippen LogP contribution in [-0.4, -0.2) is 17.0 Å². The van der Waals surface area contributed by atoms with E-state index in [0.717, 1.165) is 12.8 Å². The van der Waals surface area contributed by atoms with E-state index in [4.69, 9.17) is 5.11 Å². The van der Waals surface area contributed by atoms with Crippen LogP contribution in [0.25, 0.3) is 0 Å². The van der Waals surface area contributed by atoms with Gasteiger partial charge in [0.05, 0.1) is 5.57 Å². The van der Waals surface area contributed by atoms with Gasteiger partial charge in [-0.3, -0.25) is 4.79 Å². The van der Waals surface area contributed by atoms with Crippen LogP contribution in [0.15, 0.2) is 23.4 Å². The summed E-state index contributed by atoms with van der Waals surface area (Å²) >= 11 is 0. The van der Waals surface area contributed by atoms with Crippen molar-refractivity contribution in [2.45, 2.75) is 19.3 Å². The zero-order valence-corrected chi connectivity index (χ0v) is 7.62. The average Bonchev–Trinajstić information content (AvgIpc) is 2.16. The molecule has 1 atom stereocenters. The first-order chi connectivity index (χ1) is 6.68. The Hall–Kier alpha value is -1.58. The average molecular weight is 193 g/mol. The lowest BCUT2D eigenvalue weighted by Crippen LogP contribution is -2.35. The largest absolute Gasteiger partial charge is 0.478 e. The standard InChI is InChI=1S/C10H11NO3/c12-8-5-4-6-2-1-3-7(10(13)14)9(6)11-8/h1,3,6H,2,4-5H2,(H,11,12)(H,13,14). The molecule has 1 fully saturated rings. The van der Waals surface area contributed by atoms with Crippen LogP contribution in [0.3, 0.4) is 0 Å². The molecule has 0 spiro atoms. The number of amides is 1. The lowest BCUT2D eigenvalue weighted by molar-refractivity contribution is -0.132.